The summed E-state index contributed by atoms with van der Waals surface area (Å²) in [7, 11) is 0. The normalized spacial score (nSPS) is 10.3. The number of aliphatic hydroxyl groups excluding tert-OH is 1. The highest BCUT2D eigenvalue weighted by molar-refractivity contribution is 7.98. The number of rotatable bonds is 5. The van der Waals surface area contributed by atoms with Crippen LogP contribution in [0.15, 0.2) is 47.4 Å². The Labute approximate surface area is 127 Å². The molecule has 0 unspecified atom stereocenters. The van der Waals surface area contributed by atoms with Crippen molar-refractivity contribution in [1.29, 1.82) is 0 Å². The maximum absolute atomic E-state index is 9.34. The van der Waals surface area contributed by atoms with Gasteiger partial charge in [0, 0.05) is 10.5 Å². The highest BCUT2D eigenvalue weighted by Crippen LogP contribution is 2.33. The van der Waals surface area contributed by atoms with Gasteiger partial charge >= 0.3 is 0 Å². The van der Waals surface area contributed by atoms with Gasteiger partial charge in [-0.05, 0) is 24.5 Å². The lowest BCUT2D eigenvalue weighted by atomic mass is 10.2. The molecule has 2 aromatic carbocycles. The molecule has 3 N–H and O–H groups in total. The zero-order valence-corrected chi connectivity index (χ0v) is 12.6. The first-order valence-electron chi connectivity index (χ1n) is 6.00. The number of aliphatic hydroxyl groups is 1. The van der Waals surface area contributed by atoms with E-state index in [2.05, 4.69) is 0 Å². The van der Waals surface area contributed by atoms with Gasteiger partial charge in [-0.3, -0.25) is 0 Å². The average Bonchev–Trinajstić information content (AvgIpc) is 2.47. The summed E-state index contributed by atoms with van der Waals surface area (Å²) in [6, 6.07) is 13.0. The van der Waals surface area contributed by atoms with Crippen LogP contribution in [0, 0.1) is 0 Å². The van der Waals surface area contributed by atoms with Gasteiger partial charge in [0.25, 0.3) is 0 Å². The van der Waals surface area contributed by atoms with Crippen molar-refractivity contribution in [3.8, 4) is 11.5 Å². The molecule has 0 spiro atoms. The third-order valence-corrected chi connectivity index (χ3v) is 3.80. The lowest BCUT2D eigenvalue weighted by Crippen LogP contribution is -2.12. The zero-order valence-electron chi connectivity index (χ0n) is 11.0. The lowest BCUT2D eigenvalue weighted by molar-refractivity contribution is 0.276. The van der Waals surface area contributed by atoms with Crippen molar-refractivity contribution in [2.24, 2.45) is 5.73 Å². The smallest absolute Gasteiger partial charge is 0.138 e. The van der Waals surface area contributed by atoms with Crippen molar-refractivity contribution in [3.05, 3.63) is 53.6 Å². The van der Waals surface area contributed by atoms with E-state index < -0.39 is 0 Å². The largest absolute Gasteiger partial charge is 0.456 e. The molecule has 0 aliphatic carbocycles. The molecule has 20 heavy (non-hydrogen) atoms. The number of benzene rings is 2. The second-order valence-electron chi connectivity index (χ2n) is 4.07. The molecule has 0 saturated carbocycles. The predicted molar refractivity (Wildman–Crippen MR) is 86.5 cm³/mol. The minimum Gasteiger partial charge on any atom is -0.456 e. The minimum absolute atomic E-state index is 0.0825. The van der Waals surface area contributed by atoms with Gasteiger partial charge in [0.05, 0.1) is 12.2 Å². The SMILES string of the molecule is CSc1cccc(Oc2ccccc2CO)c1C(N)=S. The molecule has 0 bridgehead atoms. The molecule has 2 aromatic rings. The number of ether oxygens (including phenoxy) is 1. The highest BCUT2D eigenvalue weighted by Gasteiger charge is 2.13. The maximum Gasteiger partial charge on any atom is 0.138 e. The van der Waals surface area contributed by atoms with Gasteiger partial charge in [-0.1, -0.05) is 36.5 Å². The molecule has 104 valence electrons. The van der Waals surface area contributed by atoms with E-state index in [1.54, 1.807) is 17.8 Å². The van der Waals surface area contributed by atoms with Crippen LogP contribution < -0.4 is 10.5 Å². The van der Waals surface area contributed by atoms with E-state index in [9.17, 15) is 5.11 Å². The summed E-state index contributed by atoms with van der Waals surface area (Å²) in [5, 5.41) is 9.34. The molecule has 0 amide bonds. The topological polar surface area (TPSA) is 55.5 Å². The van der Waals surface area contributed by atoms with Crippen molar-refractivity contribution < 1.29 is 9.84 Å². The van der Waals surface area contributed by atoms with Gasteiger partial charge in [0.1, 0.15) is 16.5 Å². The van der Waals surface area contributed by atoms with Crippen LogP contribution in [-0.2, 0) is 6.61 Å². The Morgan fingerprint density at radius 2 is 1.90 bits per heavy atom. The van der Waals surface area contributed by atoms with Crippen LogP contribution in [0.3, 0.4) is 0 Å². The molecule has 0 atom stereocenters. The second-order valence-corrected chi connectivity index (χ2v) is 5.35. The lowest BCUT2D eigenvalue weighted by Gasteiger charge is -2.15. The van der Waals surface area contributed by atoms with Gasteiger partial charge < -0.3 is 15.6 Å². The first kappa shape index (κ1) is 14.8. The Kier molecular flexibility index (Phi) is 5.00. The molecule has 5 heteroatoms. The van der Waals surface area contributed by atoms with Gasteiger partial charge in [0.2, 0.25) is 0 Å². The summed E-state index contributed by atoms with van der Waals surface area (Å²) in [5.41, 5.74) is 7.25. The van der Waals surface area contributed by atoms with Crippen LogP contribution >= 0.6 is 24.0 Å². The zero-order chi connectivity index (χ0) is 14.5. The first-order chi connectivity index (χ1) is 9.67. The molecule has 0 radical (unpaired) electrons. The van der Waals surface area contributed by atoms with E-state index in [0.717, 1.165) is 16.0 Å². The monoisotopic (exact) mass is 305 g/mol. The molecule has 2 rings (SSSR count). The van der Waals surface area contributed by atoms with E-state index in [1.807, 2.05) is 42.7 Å². The van der Waals surface area contributed by atoms with Gasteiger partial charge in [-0.2, -0.15) is 0 Å². The van der Waals surface area contributed by atoms with E-state index in [-0.39, 0.29) is 6.61 Å². The Morgan fingerprint density at radius 1 is 1.20 bits per heavy atom. The number of hydrogen-bond acceptors (Lipinski definition) is 4. The van der Waals surface area contributed by atoms with Gasteiger partial charge in [-0.15, -0.1) is 11.8 Å². The van der Waals surface area contributed by atoms with Crippen LogP contribution in [0.2, 0.25) is 0 Å². The van der Waals surface area contributed by atoms with E-state index in [0.29, 0.717) is 16.5 Å². The van der Waals surface area contributed by atoms with Crippen molar-refractivity contribution in [3.63, 3.8) is 0 Å². The molecule has 0 aromatic heterocycles. The van der Waals surface area contributed by atoms with E-state index in [4.69, 9.17) is 22.7 Å². The summed E-state index contributed by atoms with van der Waals surface area (Å²) >= 11 is 6.68. The Hall–Kier alpha value is -1.56. The Bertz CT molecular complexity index is 629. The van der Waals surface area contributed by atoms with Crippen molar-refractivity contribution in [2.45, 2.75) is 11.5 Å². The molecule has 0 heterocycles. The summed E-state index contributed by atoms with van der Waals surface area (Å²) in [5.74, 6) is 1.20. The van der Waals surface area contributed by atoms with Crippen molar-refractivity contribution in [2.75, 3.05) is 6.26 Å². The molecule has 0 aliphatic heterocycles. The fourth-order valence-corrected chi connectivity index (χ4v) is 2.77. The van der Waals surface area contributed by atoms with Crippen LogP contribution in [0.1, 0.15) is 11.1 Å². The van der Waals surface area contributed by atoms with E-state index >= 15 is 0 Å². The fraction of sp³-hybridized carbons (Fsp3) is 0.133. The third kappa shape index (κ3) is 3.12. The minimum atomic E-state index is -0.0825. The van der Waals surface area contributed by atoms with Gasteiger partial charge in [0.15, 0.2) is 0 Å². The molecule has 0 aliphatic rings. The Balaban J connectivity index is 2.46. The molecular weight excluding hydrogens is 290 g/mol. The van der Waals surface area contributed by atoms with Gasteiger partial charge in [-0.25, -0.2) is 0 Å². The van der Waals surface area contributed by atoms with Crippen LogP contribution in [0.25, 0.3) is 0 Å². The number of thiocarbonyl (C=S) groups is 1. The average molecular weight is 305 g/mol. The number of thioether (sulfide) groups is 1. The molecular formula is C15H15NO2S2. The standard InChI is InChI=1S/C15H15NO2S2/c1-20-13-8-4-7-12(14(13)15(16)19)18-11-6-3-2-5-10(11)9-17/h2-8,17H,9H2,1H3,(H2,16,19). The summed E-state index contributed by atoms with van der Waals surface area (Å²) in [6.07, 6.45) is 1.96. The first-order valence-corrected chi connectivity index (χ1v) is 7.64. The van der Waals surface area contributed by atoms with Crippen molar-refractivity contribution >= 4 is 29.0 Å². The second kappa shape index (κ2) is 6.74. The predicted octanol–water partition coefficient (Wildman–Crippen LogP) is 3.33. The highest BCUT2D eigenvalue weighted by atomic mass is 32.2. The number of hydrogen-bond donors (Lipinski definition) is 2. The summed E-state index contributed by atoms with van der Waals surface area (Å²) in [4.78, 5) is 1.27. The van der Waals surface area contributed by atoms with E-state index in [1.165, 1.54) is 0 Å². The fourth-order valence-electron chi connectivity index (χ4n) is 1.86. The number of nitrogens with two attached hydrogens (primary N) is 1. The third-order valence-electron chi connectivity index (χ3n) is 2.82. The quantitative estimate of drug-likeness (QED) is 0.655. The summed E-state index contributed by atoms with van der Waals surface area (Å²) in [6.45, 7) is -0.0825. The summed E-state index contributed by atoms with van der Waals surface area (Å²) < 4.78 is 5.89. The number of para-hydroxylation sites is 1. The molecule has 0 saturated heterocycles. The Morgan fingerprint density at radius 3 is 2.55 bits per heavy atom. The van der Waals surface area contributed by atoms with Crippen LogP contribution in [0.5, 0.6) is 11.5 Å². The maximum atomic E-state index is 9.34. The van der Waals surface area contributed by atoms with Crippen LogP contribution in [0.4, 0.5) is 0 Å². The van der Waals surface area contributed by atoms with Crippen molar-refractivity contribution in [1.82, 2.24) is 0 Å². The van der Waals surface area contributed by atoms with Crippen LogP contribution in [-0.4, -0.2) is 16.4 Å². The molecule has 0 fully saturated rings. The molecule has 3 nitrogen and oxygen atoms in total.